The molecule has 0 atom stereocenters. The monoisotopic (exact) mass is 411 g/mol. The molecule has 1 aliphatic heterocycles. The molecule has 1 aliphatic rings. The van der Waals surface area contributed by atoms with Gasteiger partial charge in [-0.15, -0.1) is 11.3 Å². The van der Waals surface area contributed by atoms with Gasteiger partial charge in [0.25, 0.3) is 6.33 Å². The summed E-state index contributed by atoms with van der Waals surface area (Å²) < 4.78 is 5.78. The zero-order valence-corrected chi connectivity index (χ0v) is 18.7. The Balaban J connectivity index is 1.82. The first-order chi connectivity index (χ1) is 14.5. The number of aryl methyl sites for hydroxylation is 5. The molecule has 2 aromatic carbocycles. The number of nitrogens with zero attached hydrogens (tertiary/aromatic N) is 4. The van der Waals surface area contributed by atoms with Gasteiger partial charge in [0.2, 0.25) is 5.52 Å². The second-order valence-corrected chi connectivity index (χ2v) is 9.61. The molecule has 5 heteroatoms. The lowest BCUT2D eigenvalue weighted by Gasteiger charge is -2.17. The Kier molecular flexibility index (Phi) is 3.55. The zero-order chi connectivity index (χ0) is 20.7. The lowest BCUT2D eigenvalue weighted by atomic mass is 9.90. The number of imidazole rings is 1. The predicted molar refractivity (Wildman–Crippen MR) is 123 cm³/mol. The summed E-state index contributed by atoms with van der Waals surface area (Å²) in [5.74, 6) is 1.13. The van der Waals surface area contributed by atoms with E-state index in [1.165, 1.54) is 54.0 Å². The third-order valence-electron chi connectivity index (χ3n) is 6.54. The Morgan fingerprint density at radius 2 is 1.80 bits per heavy atom. The molecule has 4 heterocycles. The largest absolute Gasteiger partial charge is 0.302 e. The summed E-state index contributed by atoms with van der Waals surface area (Å²) >= 11 is 1.86. The van der Waals surface area contributed by atoms with Crippen LogP contribution in [-0.4, -0.2) is 14.5 Å². The van der Waals surface area contributed by atoms with Gasteiger partial charge >= 0.3 is 0 Å². The maximum atomic E-state index is 4.83. The first kappa shape index (κ1) is 17.8. The summed E-state index contributed by atoms with van der Waals surface area (Å²) in [6, 6.07) is 8.78. The van der Waals surface area contributed by atoms with Gasteiger partial charge in [-0.05, 0) is 49.2 Å². The average Bonchev–Trinajstić information content (AvgIpc) is 3.34. The summed E-state index contributed by atoms with van der Waals surface area (Å²) in [5.41, 5.74) is 10.1. The van der Waals surface area contributed by atoms with E-state index >= 15 is 0 Å². The van der Waals surface area contributed by atoms with Gasteiger partial charge in [0.1, 0.15) is 10.5 Å². The number of aromatic nitrogens is 4. The van der Waals surface area contributed by atoms with Crippen molar-refractivity contribution in [1.82, 2.24) is 14.5 Å². The highest BCUT2D eigenvalue weighted by molar-refractivity contribution is 7.19. The number of hydrogen-bond donors (Lipinski definition) is 0. The molecule has 6 rings (SSSR count). The number of thiophene rings is 1. The fourth-order valence-corrected chi connectivity index (χ4v) is 6.23. The molecule has 0 saturated heterocycles. The highest BCUT2D eigenvalue weighted by Gasteiger charge is 2.31. The molecular weight excluding hydrogens is 388 g/mol. The molecule has 0 fully saturated rings. The number of rotatable bonds is 1. The normalized spacial score (nSPS) is 12.7. The van der Waals surface area contributed by atoms with E-state index in [1.807, 2.05) is 17.7 Å². The molecule has 0 radical (unpaired) electrons. The molecule has 3 aromatic heterocycles. The molecule has 4 nitrogen and oxygen atoms in total. The van der Waals surface area contributed by atoms with Crippen LogP contribution in [0.15, 0.2) is 36.8 Å². The van der Waals surface area contributed by atoms with Crippen LogP contribution in [0.2, 0.25) is 0 Å². The topological polar surface area (TPSA) is 34.6 Å². The van der Waals surface area contributed by atoms with Crippen LogP contribution in [0.4, 0.5) is 0 Å². The maximum Gasteiger partial charge on any atom is 0.287 e. The van der Waals surface area contributed by atoms with E-state index in [0.717, 1.165) is 23.5 Å². The Morgan fingerprint density at radius 3 is 2.60 bits per heavy atom. The second kappa shape index (κ2) is 5.99. The average molecular weight is 412 g/mol. The first-order valence-electron chi connectivity index (χ1n) is 10.3. The van der Waals surface area contributed by atoms with Gasteiger partial charge in [0, 0.05) is 34.0 Å². The molecule has 0 spiro atoms. The van der Waals surface area contributed by atoms with Crippen molar-refractivity contribution in [1.29, 1.82) is 0 Å². The molecule has 5 aromatic rings. The SMILES string of the molecule is Cc1cn2c(n1)Cc1c(-c3c4sc(C)c(C)c4nc[n+]3C)c(C)c3ccccc3c1-2. The fraction of sp³-hybridized carbons (Fsp3) is 0.240. The van der Waals surface area contributed by atoms with Crippen molar-refractivity contribution in [3.05, 3.63) is 69.9 Å². The lowest BCUT2D eigenvalue weighted by Crippen LogP contribution is -2.32. The highest BCUT2D eigenvalue weighted by atomic mass is 32.1. The van der Waals surface area contributed by atoms with Gasteiger partial charge in [-0.1, -0.05) is 24.3 Å². The summed E-state index contributed by atoms with van der Waals surface area (Å²) in [6.45, 7) is 8.72. The Labute approximate surface area is 179 Å². The van der Waals surface area contributed by atoms with Gasteiger partial charge in [0.15, 0.2) is 5.69 Å². The Morgan fingerprint density at radius 1 is 1.03 bits per heavy atom. The van der Waals surface area contributed by atoms with E-state index in [2.05, 4.69) is 74.3 Å². The Bertz CT molecular complexity index is 1520. The summed E-state index contributed by atoms with van der Waals surface area (Å²) in [7, 11) is 2.12. The van der Waals surface area contributed by atoms with Gasteiger partial charge in [-0.3, -0.25) is 0 Å². The van der Waals surface area contributed by atoms with E-state index in [9.17, 15) is 0 Å². The highest BCUT2D eigenvalue weighted by Crippen LogP contribution is 2.45. The van der Waals surface area contributed by atoms with Gasteiger partial charge in [-0.2, -0.15) is 0 Å². The molecule has 0 aliphatic carbocycles. The van der Waals surface area contributed by atoms with E-state index in [0.29, 0.717) is 0 Å². The van der Waals surface area contributed by atoms with Crippen molar-refractivity contribution < 1.29 is 4.57 Å². The Hall–Kier alpha value is -3.05. The van der Waals surface area contributed by atoms with Crippen molar-refractivity contribution in [2.75, 3.05) is 0 Å². The van der Waals surface area contributed by atoms with E-state index in [1.54, 1.807) is 0 Å². The molecule has 0 bridgehead atoms. The minimum Gasteiger partial charge on any atom is -0.302 e. The van der Waals surface area contributed by atoms with Crippen LogP contribution in [0.25, 0.3) is 37.9 Å². The van der Waals surface area contributed by atoms with E-state index < -0.39 is 0 Å². The van der Waals surface area contributed by atoms with Gasteiger partial charge < -0.3 is 4.57 Å². The zero-order valence-electron chi connectivity index (χ0n) is 17.9. The summed E-state index contributed by atoms with van der Waals surface area (Å²) in [5, 5.41) is 2.61. The minimum absolute atomic E-state index is 0.858. The first-order valence-corrected chi connectivity index (χ1v) is 11.1. The van der Waals surface area contributed by atoms with Crippen molar-refractivity contribution in [2.45, 2.75) is 34.1 Å². The molecule has 30 heavy (non-hydrogen) atoms. The molecule has 0 N–H and O–H groups in total. The number of fused-ring (bicyclic) bond motifs is 6. The van der Waals surface area contributed by atoms with Crippen LogP contribution < -0.4 is 4.57 Å². The third kappa shape index (κ3) is 2.18. The summed E-state index contributed by atoms with van der Waals surface area (Å²) in [6.07, 6.45) is 5.00. The van der Waals surface area contributed by atoms with Crippen molar-refractivity contribution in [2.24, 2.45) is 7.05 Å². The fourth-order valence-electron chi connectivity index (χ4n) is 5.03. The maximum absolute atomic E-state index is 4.83. The minimum atomic E-state index is 0.858. The van der Waals surface area contributed by atoms with Crippen molar-refractivity contribution in [3.8, 4) is 16.9 Å². The molecule has 0 unspecified atom stereocenters. The van der Waals surface area contributed by atoms with Gasteiger partial charge in [-0.25, -0.2) is 9.55 Å². The van der Waals surface area contributed by atoms with Crippen LogP contribution in [0.3, 0.4) is 0 Å². The van der Waals surface area contributed by atoms with E-state index in [-0.39, 0.29) is 0 Å². The molecule has 148 valence electrons. The van der Waals surface area contributed by atoms with Crippen LogP contribution >= 0.6 is 11.3 Å². The predicted octanol–water partition coefficient (Wildman–Crippen LogP) is 5.26. The van der Waals surface area contributed by atoms with Crippen LogP contribution in [0.5, 0.6) is 0 Å². The molecular formula is C25H23N4S+. The van der Waals surface area contributed by atoms with Crippen LogP contribution in [0.1, 0.15) is 33.1 Å². The van der Waals surface area contributed by atoms with Crippen LogP contribution in [-0.2, 0) is 13.5 Å². The van der Waals surface area contributed by atoms with E-state index in [4.69, 9.17) is 9.97 Å². The number of hydrogen-bond acceptors (Lipinski definition) is 3. The van der Waals surface area contributed by atoms with Crippen molar-refractivity contribution >= 4 is 32.3 Å². The second-order valence-electron chi connectivity index (χ2n) is 8.38. The van der Waals surface area contributed by atoms with Crippen LogP contribution in [0, 0.1) is 27.7 Å². The standard InChI is InChI=1S/C25H23N4S/c1-13-11-29-20(27-13)10-19-21(15(3)17-8-6-7-9-18(17)23(19)29)24-25-22(26-12-28(24)5)14(2)16(4)30-25/h6-9,11-12H,10H2,1-5H3/q+1. The van der Waals surface area contributed by atoms with Crippen molar-refractivity contribution in [3.63, 3.8) is 0 Å². The molecule has 0 saturated carbocycles. The molecule has 0 amide bonds. The smallest absolute Gasteiger partial charge is 0.287 e. The lowest BCUT2D eigenvalue weighted by molar-refractivity contribution is -0.662. The van der Waals surface area contributed by atoms with Gasteiger partial charge in [0.05, 0.1) is 18.4 Å². The quantitative estimate of drug-likeness (QED) is 0.346. The summed E-state index contributed by atoms with van der Waals surface area (Å²) in [4.78, 5) is 10.9. The third-order valence-corrected chi connectivity index (χ3v) is 7.75. The number of benzene rings is 2.